The second-order valence-electron chi connectivity index (χ2n) is 4.34. The Balaban J connectivity index is 2.03. The van der Waals surface area contributed by atoms with E-state index in [2.05, 4.69) is 10.5 Å². The first-order valence-electron chi connectivity index (χ1n) is 6.69. The van der Waals surface area contributed by atoms with Crippen molar-refractivity contribution in [2.45, 2.75) is 6.92 Å². The van der Waals surface area contributed by atoms with Crippen molar-refractivity contribution in [1.82, 2.24) is 0 Å². The van der Waals surface area contributed by atoms with Crippen LogP contribution in [-0.4, -0.2) is 19.9 Å². The van der Waals surface area contributed by atoms with Crippen LogP contribution >= 0.6 is 23.2 Å². The van der Waals surface area contributed by atoms with Crippen molar-refractivity contribution < 1.29 is 9.47 Å². The molecule has 0 unspecified atom stereocenters. The number of hydrogen-bond donors (Lipinski definition) is 1. The van der Waals surface area contributed by atoms with Gasteiger partial charge in [0.1, 0.15) is 11.5 Å². The molecule has 4 nitrogen and oxygen atoms in total. The zero-order chi connectivity index (χ0) is 15.9. The maximum absolute atomic E-state index is 6.12. The molecule has 0 amide bonds. The van der Waals surface area contributed by atoms with E-state index in [0.717, 1.165) is 11.3 Å². The van der Waals surface area contributed by atoms with Gasteiger partial charge in [0.2, 0.25) is 0 Å². The van der Waals surface area contributed by atoms with E-state index >= 15 is 0 Å². The Hall–Kier alpha value is -1.91. The predicted molar refractivity (Wildman–Crippen MR) is 91.8 cm³/mol. The van der Waals surface area contributed by atoms with Crippen LogP contribution in [0.5, 0.6) is 11.5 Å². The molecule has 6 heteroatoms. The first-order chi connectivity index (χ1) is 10.6. The van der Waals surface area contributed by atoms with Gasteiger partial charge in [-0.1, -0.05) is 23.2 Å². The molecule has 2 aromatic rings. The van der Waals surface area contributed by atoms with Crippen LogP contribution in [0.3, 0.4) is 0 Å². The Morgan fingerprint density at radius 2 is 1.82 bits per heavy atom. The highest BCUT2D eigenvalue weighted by Crippen LogP contribution is 2.27. The maximum atomic E-state index is 6.12. The summed E-state index contributed by atoms with van der Waals surface area (Å²) in [5, 5.41) is 5.23. The normalized spacial score (nSPS) is 10.7. The van der Waals surface area contributed by atoms with Crippen molar-refractivity contribution in [1.29, 1.82) is 0 Å². The first kappa shape index (κ1) is 16.5. The Kier molecular flexibility index (Phi) is 5.92. The molecule has 0 saturated carbocycles. The van der Waals surface area contributed by atoms with Gasteiger partial charge in [0.15, 0.2) is 0 Å². The number of nitrogens with one attached hydrogen (secondary N) is 1. The summed E-state index contributed by atoms with van der Waals surface area (Å²) in [5.41, 5.74) is 4.52. The van der Waals surface area contributed by atoms with Gasteiger partial charge in [-0.05, 0) is 48.9 Å². The van der Waals surface area contributed by atoms with Gasteiger partial charge in [-0.3, -0.25) is 5.43 Å². The Morgan fingerprint density at radius 1 is 1.09 bits per heavy atom. The highest BCUT2D eigenvalue weighted by atomic mass is 35.5. The molecule has 2 aromatic carbocycles. The van der Waals surface area contributed by atoms with E-state index in [4.69, 9.17) is 32.7 Å². The first-order valence-corrected chi connectivity index (χ1v) is 7.44. The fourth-order valence-corrected chi connectivity index (χ4v) is 2.29. The summed E-state index contributed by atoms with van der Waals surface area (Å²) >= 11 is 12.2. The lowest BCUT2D eigenvalue weighted by Crippen LogP contribution is -1.94. The third-order valence-electron chi connectivity index (χ3n) is 2.81. The van der Waals surface area contributed by atoms with E-state index in [1.165, 1.54) is 0 Å². The van der Waals surface area contributed by atoms with Crippen LogP contribution in [0.2, 0.25) is 10.0 Å². The van der Waals surface area contributed by atoms with Gasteiger partial charge in [-0.2, -0.15) is 5.10 Å². The number of benzene rings is 2. The molecule has 116 valence electrons. The molecule has 22 heavy (non-hydrogen) atoms. The zero-order valence-electron chi connectivity index (χ0n) is 12.3. The molecule has 0 atom stereocenters. The van der Waals surface area contributed by atoms with Crippen LogP contribution in [0.1, 0.15) is 12.5 Å². The predicted octanol–water partition coefficient (Wildman–Crippen LogP) is 4.85. The van der Waals surface area contributed by atoms with Gasteiger partial charge in [-0.15, -0.1) is 0 Å². The number of hydrogen-bond acceptors (Lipinski definition) is 4. The topological polar surface area (TPSA) is 42.8 Å². The summed E-state index contributed by atoms with van der Waals surface area (Å²) in [6, 6.07) is 10.8. The molecule has 1 N–H and O–H groups in total. The van der Waals surface area contributed by atoms with Gasteiger partial charge in [0.05, 0.1) is 35.7 Å². The molecule has 0 radical (unpaired) electrons. The van der Waals surface area contributed by atoms with Gasteiger partial charge < -0.3 is 9.47 Å². The smallest absolute Gasteiger partial charge is 0.137 e. The monoisotopic (exact) mass is 338 g/mol. The Bertz CT molecular complexity index is 675. The van der Waals surface area contributed by atoms with Crippen LogP contribution in [0, 0.1) is 0 Å². The summed E-state index contributed by atoms with van der Waals surface area (Å²) in [6.45, 7) is 2.49. The quantitative estimate of drug-likeness (QED) is 0.604. The zero-order valence-corrected chi connectivity index (χ0v) is 13.8. The van der Waals surface area contributed by atoms with E-state index in [9.17, 15) is 0 Å². The molecule has 0 fully saturated rings. The minimum atomic E-state index is 0.520. The summed E-state index contributed by atoms with van der Waals surface area (Å²) in [4.78, 5) is 0. The molecule has 0 aliphatic heterocycles. The number of hydrazone groups is 1. The number of nitrogens with zero attached hydrogens (tertiary/aromatic N) is 1. The number of halogens is 2. The van der Waals surface area contributed by atoms with Crippen molar-refractivity contribution in [3.05, 3.63) is 52.0 Å². The molecule has 0 bridgehead atoms. The van der Waals surface area contributed by atoms with Crippen LogP contribution in [0.25, 0.3) is 0 Å². The molecule has 2 rings (SSSR count). The summed E-state index contributed by atoms with van der Waals surface area (Å²) in [7, 11) is 1.57. The second-order valence-corrected chi connectivity index (χ2v) is 5.16. The van der Waals surface area contributed by atoms with Crippen molar-refractivity contribution in [3.8, 4) is 11.5 Å². The Morgan fingerprint density at radius 3 is 2.45 bits per heavy atom. The molecule has 0 aliphatic rings. The van der Waals surface area contributed by atoms with E-state index < -0.39 is 0 Å². The standard InChI is InChI=1S/C16H16Cl2N2O2/c1-3-22-16-6-4-11(8-13(16)17)10-19-20-12-5-7-15(21-2)14(18)9-12/h4-10,20H,3H2,1-2H3/b19-10+. The molecule has 0 spiro atoms. The molecule has 0 aromatic heterocycles. The highest BCUT2D eigenvalue weighted by Gasteiger charge is 2.02. The van der Waals surface area contributed by atoms with Gasteiger partial charge in [-0.25, -0.2) is 0 Å². The number of rotatable bonds is 6. The number of methoxy groups -OCH3 is 1. The van der Waals surface area contributed by atoms with E-state index in [1.807, 2.05) is 25.1 Å². The van der Waals surface area contributed by atoms with Gasteiger partial charge in [0, 0.05) is 0 Å². The van der Waals surface area contributed by atoms with Crippen LogP contribution in [0.15, 0.2) is 41.5 Å². The molecular weight excluding hydrogens is 323 g/mol. The highest BCUT2D eigenvalue weighted by molar-refractivity contribution is 6.32. The van der Waals surface area contributed by atoms with E-state index in [0.29, 0.717) is 28.2 Å². The summed E-state index contributed by atoms with van der Waals surface area (Å²) in [5.74, 6) is 1.28. The lowest BCUT2D eigenvalue weighted by atomic mass is 10.2. The van der Waals surface area contributed by atoms with Crippen LogP contribution < -0.4 is 14.9 Å². The number of ether oxygens (including phenoxy) is 2. The SMILES string of the molecule is CCOc1ccc(/C=N/Nc2ccc(OC)c(Cl)c2)cc1Cl. The summed E-state index contributed by atoms with van der Waals surface area (Å²) in [6.07, 6.45) is 1.67. The average Bonchev–Trinajstić information content (AvgIpc) is 2.50. The lowest BCUT2D eigenvalue weighted by molar-refractivity contribution is 0.340. The molecule has 0 saturated heterocycles. The summed E-state index contributed by atoms with van der Waals surface area (Å²) < 4.78 is 10.5. The van der Waals surface area contributed by atoms with Crippen molar-refractivity contribution in [2.75, 3.05) is 19.1 Å². The molecular formula is C16H16Cl2N2O2. The maximum Gasteiger partial charge on any atom is 0.137 e. The minimum absolute atomic E-state index is 0.520. The third-order valence-corrected chi connectivity index (χ3v) is 3.41. The minimum Gasteiger partial charge on any atom is -0.495 e. The van der Waals surface area contributed by atoms with Crippen LogP contribution in [-0.2, 0) is 0 Å². The van der Waals surface area contributed by atoms with Gasteiger partial charge in [0.25, 0.3) is 0 Å². The van der Waals surface area contributed by atoms with Crippen LogP contribution in [0.4, 0.5) is 5.69 Å². The lowest BCUT2D eigenvalue weighted by Gasteiger charge is -2.06. The fraction of sp³-hybridized carbons (Fsp3) is 0.188. The molecule has 0 heterocycles. The van der Waals surface area contributed by atoms with Crippen molar-refractivity contribution in [3.63, 3.8) is 0 Å². The average molecular weight is 339 g/mol. The van der Waals surface area contributed by atoms with Crippen molar-refractivity contribution >= 4 is 35.1 Å². The molecule has 0 aliphatic carbocycles. The fourth-order valence-electron chi connectivity index (χ4n) is 1.79. The van der Waals surface area contributed by atoms with Gasteiger partial charge >= 0.3 is 0 Å². The largest absolute Gasteiger partial charge is 0.495 e. The number of anilines is 1. The van der Waals surface area contributed by atoms with E-state index in [1.54, 1.807) is 31.5 Å². The Labute approximate surface area is 139 Å². The third kappa shape index (κ3) is 4.29. The van der Waals surface area contributed by atoms with E-state index in [-0.39, 0.29) is 0 Å². The van der Waals surface area contributed by atoms with Crippen molar-refractivity contribution in [2.24, 2.45) is 5.10 Å². The second kappa shape index (κ2) is 7.92.